The smallest absolute Gasteiger partial charge is 0.422 e. The summed E-state index contributed by atoms with van der Waals surface area (Å²) in [4.78, 5) is 11.3. The van der Waals surface area contributed by atoms with E-state index in [2.05, 4.69) is 10.9 Å². The molecule has 94 valence electrons. The second-order valence-corrected chi connectivity index (χ2v) is 4.97. The predicted octanol–water partition coefficient (Wildman–Crippen LogP) is 2.52. The summed E-state index contributed by atoms with van der Waals surface area (Å²) in [5.41, 5.74) is 7.15. The van der Waals surface area contributed by atoms with Gasteiger partial charge < -0.3 is 4.74 Å². The molecule has 0 aliphatic carbocycles. The van der Waals surface area contributed by atoms with Crippen LogP contribution in [0.3, 0.4) is 0 Å². The summed E-state index contributed by atoms with van der Waals surface area (Å²) >= 11 is 0. The highest BCUT2D eigenvalue weighted by atomic mass is 16.6. The molecule has 0 aromatic heterocycles. The van der Waals surface area contributed by atoms with Gasteiger partial charge >= 0.3 is 6.09 Å². The number of hydrazine groups is 1. The highest BCUT2D eigenvalue weighted by molar-refractivity contribution is 5.66. The Morgan fingerprint density at radius 1 is 1.24 bits per heavy atom. The zero-order chi connectivity index (χ0) is 12.9. The lowest BCUT2D eigenvalue weighted by Crippen LogP contribution is -2.40. The predicted molar refractivity (Wildman–Crippen MR) is 67.4 cm³/mol. The maximum Gasteiger partial charge on any atom is 0.422 e. The zero-order valence-corrected chi connectivity index (χ0v) is 10.8. The largest absolute Gasteiger partial charge is 0.443 e. The minimum absolute atomic E-state index is 0.468. The Morgan fingerprint density at radius 3 is 2.35 bits per heavy atom. The fourth-order valence-corrected chi connectivity index (χ4v) is 1.23. The number of carbonyl (C=O) groups is 1. The number of hydrogen-bond acceptors (Lipinski definition) is 3. The molecule has 0 saturated carbocycles. The molecule has 4 heteroatoms. The molecule has 17 heavy (non-hydrogen) atoms. The van der Waals surface area contributed by atoms with E-state index in [4.69, 9.17) is 4.74 Å². The van der Waals surface area contributed by atoms with Gasteiger partial charge in [0.25, 0.3) is 0 Å². The van der Waals surface area contributed by atoms with Gasteiger partial charge in [0, 0.05) is 6.54 Å². The summed E-state index contributed by atoms with van der Waals surface area (Å²) < 4.78 is 5.08. The summed E-state index contributed by atoms with van der Waals surface area (Å²) in [6, 6.07) is 8.09. The average molecular weight is 236 g/mol. The topological polar surface area (TPSA) is 50.4 Å². The summed E-state index contributed by atoms with van der Waals surface area (Å²) in [7, 11) is 0. The van der Waals surface area contributed by atoms with Crippen molar-refractivity contribution >= 4 is 6.09 Å². The number of amides is 1. The number of ether oxygens (including phenoxy) is 1. The monoisotopic (exact) mass is 236 g/mol. The number of rotatable bonds is 3. The van der Waals surface area contributed by atoms with Crippen LogP contribution in [-0.2, 0) is 11.3 Å². The first-order valence-corrected chi connectivity index (χ1v) is 5.64. The molecule has 0 aliphatic heterocycles. The second-order valence-electron chi connectivity index (χ2n) is 4.97. The van der Waals surface area contributed by atoms with Crippen LogP contribution in [0.25, 0.3) is 0 Å². The third-order valence-electron chi connectivity index (χ3n) is 2.00. The Morgan fingerprint density at radius 2 is 1.82 bits per heavy atom. The van der Waals surface area contributed by atoms with Crippen LogP contribution in [0.5, 0.6) is 0 Å². The van der Waals surface area contributed by atoms with E-state index in [1.807, 2.05) is 52.0 Å². The van der Waals surface area contributed by atoms with Crippen LogP contribution >= 0.6 is 0 Å². The average Bonchev–Trinajstić information content (AvgIpc) is 2.18. The highest BCUT2D eigenvalue weighted by Gasteiger charge is 2.15. The molecule has 2 N–H and O–H groups in total. The van der Waals surface area contributed by atoms with Crippen molar-refractivity contribution in [1.29, 1.82) is 0 Å². The Balaban J connectivity index is 2.28. The number of nitrogens with one attached hydrogen (secondary N) is 2. The zero-order valence-electron chi connectivity index (χ0n) is 10.8. The molecular formula is C13H20N2O2. The first kappa shape index (κ1) is 13.5. The van der Waals surface area contributed by atoms with Crippen LogP contribution in [0, 0.1) is 6.92 Å². The molecule has 0 saturated heterocycles. The minimum atomic E-state index is -0.477. The second kappa shape index (κ2) is 5.68. The van der Waals surface area contributed by atoms with Crippen LogP contribution in [0.15, 0.2) is 24.3 Å². The molecule has 0 radical (unpaired) electrons. The van der Waals surface area contributed by atoms with Gasteiger partial charge in [0.1, 0.15) is 5.60 Å². The fraction of sp³-hybridized carbons (Fsp3) is 0.462. The summed E-state index contributed by atoms with van der Waals surface area (Å²) in [6.07, 6.45) is -0.468. The van der Waals surface area contributed by atoms with Crippen molar-refractivity contribution < 1.29 is 9.53 Å². The molecule has 1 aromatic carbocycles. The number of hydrogen-bond donors (Lipinski definition) is 2. The van der Waals surface area contributed by atoms with Crippen LogP contribution in [0.2, 0.25) is 0 Å². The lowest BCUT2D eigenvalue weighted by molar-refractivity contribution is 0.0497. The molecule has 0 heterocycles. The van der Waals surface area contributed by atoms with Gasteiger partial charge in [-0.1, -0.05) is 29.8 Å². The van der Waals surface area contributed by atoms with E-state index in [1.165, 1.54) is 5.56 Å². The molecule has 0 atom stereocenters. The summed E-state index contributed by atoms with van der Waals surface area (Å²) in [6.45, 7) is 8.08. The van der Waals surface area contributed by atoms with E-state index in [9.17, 15) is 4.79 Å². The number of benzene rings is 1. The fourth-order valence-electron chi connectivity index (χ4n) is 1.23. The Bertz CT molecular complexity index is 366. The molecule has 1 amide bonds. The number of aryl methyl sites for hydroxylation is 1. The van der Waals surface area contributed by atoms with Crippen molar-refractivity contribution in [3.05, 3.63) is 35.4 Å². The van der Waals surface area contributed by atoms with Crippen molar-refractivity contribution in [2.45, 2.75) is 39.8 Å². The van der Waals surface area contributed by atoms with Crippen molar-refractivity contribution in [3.8, 4) is 0 Å². The highest BCUT2D eigenvalue weighted by Crippen LogP contribution is 2.06. The van der Waals surface area contributed by atoms with Gasteiger partial charge in [-0.3, -0.25) is 5.43 Å². The van der Waals surface area contributed by atoms with E-state index >= 15 is 0 Å². The molecule has 0 aliphatic rings. The summed E-state index contributed by atoms with van der Waals surface area (Å²) in [5, 5.41) is 0. The van der Waals surface area contributed by atoms with Gasteiger partial charge in [-0.2, -0.15) is 0 Å². The van der Waals surface area contributed by atoms with Gasteiger partial charge in [-0.25, -0.2) is 10.2 Å². The van der Waals surface area contributed by atoms with E-state index in [1.54, 1.807) is 0 Å². The molecule has 1 rings (SSSR count). The van der Waals surface area contributed by atoms with Crippen molar-refractivity contribution in [2.24, 2.45) is 0 Å². The maximum atomic E-state index is 11.3. The molecule has 4 nitrogen and oxygen atoms in total. The van der Waals surface area contributed by atoms with Gasteiger partial charge in [-0.05, 0) is 33.3 Å². The molecule has 0 spiro atoms. The molecular weight excluding hydrogens is 216 g/mol. The summed E-state index contributed by atoms with van der Waals surface area (Å²) in [5.74, 6) is 0. The van der Waals surface area contributed by atoms with Crippen LogP contribution in [-0.4, -0.2) is 11.7 Å². The maximum absolute atomic E-state index is 11.3. The van der Waals surface area contributed by atoms with Crippen molar-refractivity contribution in [1.82, 2.24) is 10.9 Å². The van der Waals surface area contributed by atoms with Crippen LogP contribution in [0.4, 0.5) is 4.79 Å². The van der Waals surface area contributed by atoms with Gasteiger partial charge in [-0.15, -0.1) is 0 Å². The lowest BCUT2D eigenvalue weighted by atomic mass is 10.1. The van der Waals surface area contributed by atoms with E-state index in [-0.39, 0.29) is 0 Å². The number of carbonyl (C=O) groups excluding carboxylic acids is 1. The Kier molecular flexibility index (Phi) is 4.52. The Hall–Kier alpha value is -1.55. The van der Waals surface area contributed by atoms with E-state index in [0.717, 1.165) is 5.56 Å². The molecule has 1 aromatic rings. The standard InChI is InChI=1S/C13H20N2O2/c1-10-5-7-11(8-6-10)9-14-15-12(16)17-13(2,3)4/h5-8,14H,9H2,1-4H3,(H,15,16). The third kappa shape index (κ3) is 5.92. The van der Waals surface area contributed by atoms with Gasteiger partial charge in [0.15, 0.2) is 0 Å². The van der Waals surface area contributed by atoms with Crippen molar-refractivity contribution in [3.63, 3.8) is 0 Å². The van der Waals surface area contributed by atoms with E-state index < -0.39 is 11.7 Å². The molecule has 0 unspecified atom stereocenters. The van der Waals surface area contributed by atoms with Crippen LogP contribution in [0.1, 0.15) is 31.9 Å². The van der Waals surface area contributed by atoms with Crippen molar-refractivity contribution in [2.75, 3.05) is 0 Å². The lowest BCUT2D eigenvalue weighted by Gasteiger charge is -2.19. The van der Waals surface area contributed by atoms with E-state index in [0.29, 0.717) is 6.54 Å². The first-order chi connectivity index (χ1) is 7.87. The molecule has 0 fully saturated rings. The van der Waals surface area contributed by atoms with Gasteiger partial charge in [0.2, 0.25) is 0 Å². The Labute approximate surface area is 102 Å². The minimum Gasteiger partial charge on any atom is -0.443 e. The quantitative estimate of drug-likeness (QED) is 0.793. The van der Waals surface area contributed by atoms with Crippen LogP contribution < -0.4 is 10.9 Å². The molecule has 0 bridgehead atoms. The third-order valence-corrected chi connectivity index (χ3v) is 2.00. The van der Waals surface area contributed by atoms with Gasteiger partial charge in [0.05, 0.1) is 0 Å². The SMILES string of the molecule is Cc1ccc(CNNC(=O)OC(C)(C)C)cc1. The normalized spacial score (nSPS) is 11.1. The first-order valence-electron chi connectivity index (χ1n) is 5.64.